The van der Waals surface area contributed by atoms with Crippen LogP contribution >= 0.6 is 0 Å². The second-order valence-corrected chi connectivity index (χ2v) is 5.15. The third-order valence-corrected chi connectivity index (χ3v) is 3.15. The van der Waals surface area contributed by atoms with Crippen LogP contribution in [0.5, 0.6) is 0 Å². The van der Waals surface area contributed by atoms with Crippen molar-refractivity contribution in [2.24, 2.45) is 0 Å². The number of furan rings is 1. The lowest BCUT2D eigenvalue weighted by atomic mass is 10.2. The standard InChI is InChI=1S/C17H18F3NO3/c18-17(19,20)12-23-11-10-21-16(22)9-7-14-6-8-15(24-14)13-4-2-1-3-5-13/h1-6,8H,7,9-12H2,(H,21,22). The van der Waals surface area contributed by atoms with E-state index in [9.17, 15) is 18.0 Å². The van der Waals surface area contributed by atoms with Gasteiger partial charge in [0.05, 0.1) is 6.61 Å². The van der Waals surface area contributed by atoms with Crippen LogP contribution in [0.25, 0.3) is 11.3 Å². The SMILES string of the molecule is O=C(CCc1ccc(-c2ccccc2)o1)NCCOCC(F)(F)F. The molecule has 0 fully saturated rings. The Morgan fingerprint density at radius 1 is 1.12 bits per heavy atom. The van der Waals surface area contributed by atoms with Crippen LogP contribution in [0, 0.1) is 0 Å². The number of benzene rings is 1. The number of carbonyl (C=O) groups is 1. The number of alkyl halides is 3. The molecule has 0 aliphatic heterocycles. The van der Waals surface area contributed by atoms with Gasteiger partial charge in [0, 0.05) is 24.9 Å². The van der Waals surface area contributed by atoms with Gasteiger partial charge in [0.15, 0.2) is 0 Å². The number of nitrogens with one attached hydrogen (secondary N) is 1. The summed E-state index contributed by atoms with van der Waals surface area (Å²) in [5.41, 5.74) is 0.954. The zero-order chi connectivity index (χ0) is 17.4. The van der Waals surface area contributed by atoms with Gasteiger partial charge in [-0.3, -0.25) is 4.79 Å². The summed E-state index contributed by atoms with van der Waals surface area (Å²) in [6.07, 6.45) is -3.73. The van der Waals surface area contributed by atoms with Crippen molar-refractivity contribution in [2.75, 3.05) is 19.8 Å². The van der Waals surface area contributed by atoms with Gasteiger partial charge in [-0.1, -0.05) is 30.3 Å². The summed E-state index contributed by atoms with van der Waals surface area (Å²) in [4.78, 5) is 11.6. The van der Waals surface area contributed by atoms with E-state index in [2.05, 4.69) is 10.1 Å². The van der Waals surface area contributed by atoms with E-state index >= 15 is 0 Å². The lowest BCUT2D eigenvalue weighted by Crippen LogP contribution is -2.29. The van der Waals surface area contributed by atoms with E-state index in [1.165, 1.54) is 0 Å². The highest BCUT2D eigenvalue weighted by molar-refractivity contribution is 5.76. The van der Waals surface area contributed by atoms with Crippen molar-refractivity contribution in [1.29, 1.82) is 0 Å². The van der Waals surface area contributed by atoms with Gasteiger partial charge in [0.25, 0.3) is 0 Å². The Labute approximate surface area is 137 Å². The normalized spacial score (nSPS) is 11.5. The molecule has 0 unspecified atom stereocenters. The molecule has 0 aliphatic carbocycles. The average molecular weight is 341 g/mol. The number of carbonyl (C=O) groups excluding carboxylic acids is 1. The van der Waals surface area contributed by atoms with Crippen LogP contribution in [0.3, 0.4) is 0 Å². The molecule has 1 amide bonds. The fourth-order valence-electron chi connectivity index (χ4n) is 2.05. The summed E-state index contributed by atoms with van der Waals surface area (Å²) in [7, 11) is 0. The minimum absolute atomic E-state index is 0.0440. The van der Waals surface area contributed by atoms with Gasteiger partial charge in [-0.25, -0.2) is 0 Å². The van der Waals surface area contributed by atoms with Crippen molar-refractivity contribution in [3.8, 4) is 11.3 Å². The van der Waals surface area contributed by atoms with Crippen molar-refractivity contribution < 1.29 is 27.1 Å². The first-order chi connectivity index (χ1) is 11.4. The number of amides is 1. The topological polar surface area (TPSA) is 51.5 Å². The van der Waals surface area contributed by atoms with Crippen LogP contribution in [0.2, 0.25) is 0 Å². The highest BCUT2D eigenvalue weighted by atomic mass is 19.4. The van der Waals surface area contributed by atoms with E-state index in [1.807, 2.05) is 42.5 Å². The zero-order valence-corrected chi connectivity index (χ0v) is 12.9. The third-order valence-electron chi connectivity index (χ3n) is 3.15. The monoisotopic (exact) mass is 341 g/mol. The molecule has 0 aliphatic rings. The minimum Gasteiger partial charge on any atom is -0.461 e. The molecule has 0 bridgehead atoms. The summed E-state index contributed by atoms with van der Waals surface area (Å²) in [6, 6.07) is 13.2. The molecule has 0 spiro atoms. The molecule has 0 saturated carbocycles. The second-order valence-electron chi connectivity index (χ2n) is 5.15. The first-order valence-electron chi connectivity index (χ1n) is 7.49. The van der Waals surface area contributed by atoms with Gasteiger partial charge < -0.3 is 14.5 Å². The maximum Gasteiger partial charge on any atom is 0.411 e. The average Bonchev–Trinajstić information content (AvgIpc) is 3.01. The van der Waals surface area contributed by atoms with Gasteiger partial charge in [0.2, 0.25) is 5.91 Å². The Morgan fingerprint density at radius 3 is 2.58 bits per heavy atom. The Morgan fingerprint density at radius 2 is 1.88 bits per heavy atom. The molecule has 0 radical (unpaired) electrons. The largest absolute Gasteiger partial charge is 0.461 e. The van der Waals surface area contributed by atoms with Crippen molar-refractivity contribution in [2.45, 2.75) is 19.0 Å². The smallest absolute Gasteiger partial charge is 0.411 e. The maximum atomic E-state index is 11.9. The van der Waals surface area contributed by atoms with Crippen LogP contribution < -0.4 is 5.32 Å². The van der Waals surface area contributed by atoms with Gasteiger partial charge in [0.1, 0.15) is 18.1 Å². The van der Waals surface area contributed by atoms with E-state index in [0.717, 1.165) is 11.3 Å². The summed E-state index contributed by atoms with van der Waals surface area (Å²) >= 11 is 0. The van der Waals surface area contributed by atoms with Crippen LogP contribution in [-0.4, -0.2) is 31.8 Å². The Kier molecular flexibility index (Phi) is 6.43. The first kappa shape index (κ1) is 18.1. The number of ether oxygens (including phenoxy) is 1. The predicted molar refractivity (Wildman–Crippen MR) is 82.3 cm³/mol. The molecule has 7 heteroatoms. The molecule has 4 nitrogen and oxygen atoms in total. The van der Waals surface area contributed by atoms with E-state index in [1.54, 1.807) is 0 Å². The van der Waals surface area contributed by atoms with Crippen molar-refractivity contribution in [3.63, 3.8) is 0 Å². The van der Waals surface area contributed by atoms with Gasteiger partial charge in [-0.2, -0.15) is 13.2 Å². The second kappa shape index (κ2) is 8.54. The van der Waals surface area contributed by atoms with Crippen LogP contribution in [0.4, 0.5) is 13.2 Å². The molecule has 2 aromatic rings. The molecule has 0 atom stereocenters. The van der Waals surface area contributed by atoms with Gasteiger partial charge in [-0.15, -0.1) is 0 Å². The quantitative estimate of drug-likeness (QED) is 0.747. The summed E-state index contributed by atoms with van der Waals surface area (Å²) in [6.45, 7) is -1.44. The Bertz CT molecular complexity index is 638. The van der Waals surface area contributed by atoms with Crippen molar-refractivity contribution >= 4 is 5.91 Å². The molecule has 1 heterocycles. The zero-order valence-electron chi connectivity index (χ0n) is 12.9. The fourth-order valence-corrected chi connectivity index (χ4v) is 2.05. The van der Waals surface area contributed by atoms with Crippen molar-refractivity contribution in [3.05, 3.63) is 48.2 Å². The fraction of sp³-hybridized carbons (Fsp3) is 0.353. The van der Waals surface area contributed by atoms with E-state index < -0.39 is 12.8 Å². The van der Waals surface area contributed by atoms with Gasteiger partial charge >= 0.3 is 6.18 Å². The molecule has 1 aromatic heterocycles. The predicted octanol–water partition coefficient (Wildman–Crippen LogP) is 3.57. The molecule has 1 aromatic carbocycles. The number of halogens is 3. The van der Waals surface area contributed by atoms with Crippen molar-refractivity contribution in [1.82, 2.24) is 5.32 Å². The Hall–Kier alpha value is -2.28. The van der Waals surface area contributed by atoms with Crippen LogP contribution in [0.15, 0.2) is 46.9 Å². The summed E-state index contributed by atoms with van der Waals surface area (Å²) in [5, 5.41) is 2.50. The van der Waals surface area contributed by atoms with Crippen LogP contribution in [-0.2, 0) is 16.0 Å². The third kappa shape index (κ3) is 6.45. The summed E-state index contributed by atoms with van der Waals surface area (Å²) < 4.78 is 45.6. The number of hydrogen-bond donors (Lipinski definition) is 1. The highest BCUT2D eigenvalue weighted by Crippen LogP contribution is 2.22. The first-order valence-corrected chi connectivity index (χ1v) is 7.49. The molecule has 130 valence electrons. The van der Waals surface area contributed by atoms with Crippen LogP contribution in [0.1, 0.15) is 12.2 Å². The molecule has 0 saturated heterocycles. The lowest BCUT2D eigenvalue weighted by Gasteiger charge is -2.08. The maximum absolute atomic E-state index is 11.9. The number of aryl methyl sites for hydroxylation is 1. The van der Waals surface area contributed by atoms with E-state index in [-0.39, 0.29) is 25.5 Å². The molecular weight excluding hydrogens is 323 g/mol. The van der Waals surface area contributed by atoms with Gasteiger partial charge in [-0.05, 0) is 12.1 Å². The summed E-state index contributed by atoms with van der Waals surface area (Å²) in [5.74, 6) is 1.15. The number of hydrogen-bond acceptors (Lipinski definition) is 3. The minimum atomic E-state index is -4.35. The van der Waals surface area contributed by atoms with E-state index in [4.69, 9.17) is 4.42 Å². The molecule has 2 rings (SSSR count). The lowest BCUT2D eigenvalue weighted by molar-refractivity contribution is -0.173. The molecule has 1 N–H and O–H groups in total. The highest BCUT2D eigenvalue weighted by Gasteiger charge is 2.27. The Balaban J connectivity index is 1.66. The molecule has 24 heavy (non-hydrogen) atoms. The molecular formula is C17H18F3NO3. The van der Waals surface area contributed by atoms with E-state index in [0.29, 0.717) is 12.2 Å². The number of rotatable bonds is 8.